The van der Waals surface area contributed by atoms with Crippen molar-refractivity contribution in [1.29, 1.82) is 0 Å². The summed E-state index contributed by atoms with van der Waals surface area (Å²) in [5.74, 6) is 0. The third-order valence-corrected chi connectivity index (χ3v) is 3.39. The van der Waals surface area contributed by atoms with Crippen molar-refractivity contribution < 1.29 is 0 Å². The van der Waals surface area contributed by atoms with Crippen LogP contribution >= 0.6 is 0 Å². The SMILES string of the molecule is Cc1ccc(-c2ccc(=O)n(Cc3ccccc3)n2)cc1. The van der Waals surface area contributed by atoms with E-state index in [1.54, 1.807) is 12.1 Å². The first kappa shape index (κ1) is 13.3. The fourth-order valence-electron chi connectivity index (χ4n) is 2.20. The maximum absolute atomic E-state index is 12.0. The first-order valence-corrected chi connectivity index (χ1v) is 6.91. The molecule has 3 rings (SSSR count). The summed E-state index contributed by atoms with van der Waals surface area (Å²) in [7, 11) is 0. The van der Waals surface area contributed by atoms with Gasteiger partial charge in [0.1, 0.15) is 0 Å². The van der Waals surface area contributed by atoms with Crippen LogP contribution in [-0.4, -0.2) is 9.78 Å². The zero-order valence-electron chi connectivity index (χ0n) is 11.9. The molecule has 0 atom stereocenters. The van der Waals surface area contributed by atoms with Crippen LogP contribution in [0.5, 0.6) is 0 Å². The number of rotatable bonds is 3. The third kappa shape index (κ3) is 3.08. The minimum absolute atomic E-state index is 0.0882. The molecule has 0 fully saturated rings. The second-order valence-corrected chi connectivity index (χ2v) is 5.07. The highest BCUT2D eigenvalue weighted by Crippen LogP contribution is 2.16. The van der Waals surface area contributed by atoms with Crippen LogP contribution in [0.4, 0.5) is 0 Å². The van der Waals surface area contributed by atoms with Crippen LogP contribution in [0.15, 0.2) is 71.5 Å². The lowest BCUT2D eigenvalue weighted by molar-refractivity contribution is 0.643. The monoisotopic (exact) mass is 276 g/mol. The van der Waals surface area contributed by atoms with Crippen LogP contribution in [0, 0.1) is 6.92 Å². The van der Waals surface area contributed by atoms with E-state index in [9.17, 15) is 4.79 Å². The van der Waals surface area contributed by atoms with Gasteiger partial charge in [-0.3, -0.25) is 4.79 Å². The largest absolute Gasteiger partial charge is 0.268 e. The summed E-state index contributed by atoms with van der Waals surface area (Å²) < 4.78 is 1.50. The molecule has 0 radical (unpaired) electrons. The first-order valence-electron chi connectivity index (χ1n) is 6.91. The molecule has 3 nitrogen and oxygen atoms in total. The van der Waals surface area contributed by atoms with E-state index in [1.165, 1.54) is 10.2 Å². The smallest absolute Gasteiger partial charge is 0.267 e. The Balaban J connectivity index is 1.96. The van der Waals surface area contributed by atoms with Gasteiger partial charge < -0.3 is 0 Å². The zero-order chi connectivity index (χ0) is 14.7. The van der Waals surface area contributed by atoms with Crippen molar-refractivity contribution in [2.24, 2.45) is 0 Å². The Hall–Kier alpha value is -2.68. The molecule has 0 saturated heterocycles. The number of benzene rings is 2. The minimum Gasteiger partial charge on any atom is -0.268 e. The van der Waals surface area contributed by atoms with Gasteiger partial charge >= 0.3 is 0 Å². The van der Waals surface area contributed by atoms with E-state index < -0.39 is 0 Å². The molecular formula is C18H16N2O. The molecule has 104 valence electrons. The molecule has 0 aliphatic heterocycles. The molecule has 0 bridgehead atoms. The molecular weight excluding hydrogens is 260 g/mol. The summed E-state index contributed by atoms with van der Waals surface area (Å²) in [6.07, 6.45) is 0. The maximum atomic E-state index is 12.0. The Labute approximate surface area is 123 Å². The van der Waals surface area contributed by atoms with Gasteiger partial charge in [0.05, 0.1) is 12.2 Å². The summed E-state index contributed by atoms with van der Waals surface area (Å²) >= 11 is 0. The highest BCUT2D eigenvalue weighted by atomic mass is 16.1. The van der Waals surface area contributed by atoms with Gasteiger partial charge in [-0.1, -0.05) is 60.2 Å². The zero-order valence-corrected chi connectivity index (χ0v) is 11.9. The highest BCUT2D eigenvalue weighted by molar-refractivity contribution is 5.58. The Morgan fingerprint density at radius 3 is 2.33 bits per heavy atom. The molecule has 0 unspecified atom stereocenters. The van der Waals surface area contributed by atoms with E-state index in [1.807, 2.05) is 61.5 Å². The average molecular weight is 276 g/mol. The molecule has 0 spiro atoms. The summed E-state index contributed by atoms with van der Waals surface area (Å²) in [4.78, 5) is 12.0. The first-order chi connectivity index (χ1) is 10.2. The maximum Gasteiger partial charge on any atom is 0.267 e. The molecule has 0 aliphatic rings. The van der Waals surface area contributed by atoms with E-state index >= 15 is 0 Å². The molecule has 0 saturated carbocycles. The number of aromatic nitrogens is 2. The van der Waals surface area contributed by atoms with Crippen LogP contribution in [0.2, 0.25) is 0 Å². The Morgan fingerprint density at radius 2 is 1.62 bits per heavy atom. The predicted molar refractivity (Wildman–Crippen MR) is 84.2 cm³/mol. The van der Waals surface area contributed by atoms with Crippen molar-refractivity contribution in [2.75, 3.05) is 0 Å². The van der Waals surface area contributed by atoms with E-state index in [0.717, 1.165) is 16.8 Å². The average Bonchev–Trinajstić information content (AvgIpc) is 2.51. The number of aryl methyl sites for hydroxylation is 1. The second-order valence-electron chi connectivity index (χ2n) is 5.07. The number of hydrogen-bond donors (Lipinski definition) is 0. The summed E-state index contributed by atoms with van der Waals surface area (Å²) in [5, 5.41) is 4.47. The fraction of sp³-hybridized carbons (Fsp3) is 0.111. The van der Waals surface area contributed by atoms with Crippen LogP contribution < -0.4 is 5.56 Å². The van der Waals surface area contributed by atoms with Gasteiger partial charge in [-0.15, -0.1) is 0 Å². The van der Waals surface area contributed by atoms with Crippen LogP contribution in [0.1, 0.15) is 11.1 Å². The Bertz CT molecular complexity index is 789. The van der Waals surface area contributed by atoms with Gasteiger partial charge in [-0.2, -0.15) is 5.10 Å². The normalized spacial score (nSPS) is 10.5. The molecule has 1 aromatic heterocycles. The summed E-state index contributed by atoms with van der Waals surface area (Å²) in [6, 6.07) is 21.4. The lowest BCUT2D eigenvalue weighted by atomic mass is 10.1. The van der Waals surface area contributed by atoms with Gasteiger partial charge in [0.2, 0.25) is 0 Å². The van der Waals surface area contributed by atoms with Crippen LogP contribution in [0.3, 0.4) is 0 Å². The highest BCUT2D eigenvalue weighted by Gasteiger charge is 2.04. The molecule has 21 heavy (non-hydrogen) atoms. The van der Waals surface area contributed by atoms with Gasteiger partial charge in [0, 0.05) is 11.6 Å². The molecule has 3 aromatic rings. The Kier molecular flexibility index (Phi) is 3.65. The van der Waals surface area contributed by atoms with E-state index in [-0.39, 0.29) is 5.56 Å². The Morgan fingerprint density at radius 1 is 0.905 bits per heavy atom. The topological polar surface area (TPSA) is 34.9 Å². The van der Waals surface area contributed by atoms with Crippen molar-refractivity contribution in [2.45, 2.75) is 13.5 Å². The lowest BCUT2D eigenvalue weighted by Gasteiger charge is -2.07. The van der Waals surface area contributed by atoms with Gasteiger partial charge in [-0.05, 0) is 18.6 Å². The minimum atomic E-state index is -0.0882. The van der Waals surface area contributed by atoms with Crippen molar-refractivity contribution in [3.8, 4) is 11.3 Å². The quantitative estimate of drug-likeness (QED) is 0.736. The molecule has 0 amide bonds. The standard InChI is InChI=1S/C18H16N2O/c1-14-7-9-16(10-8-14)17-11-12-18(21)20(19-17)13-15-5-3-2-4-6-15/h2-12H,13H2,1H3. The van der Waals surface area contributed by atoms with E-state index in [2.05, 4.69) is 5.10 Å². The summed E-state index contributed by atoms with van der Waals surface area (Å²) in [6.45, 7) is 2.53. The third-order valence-electron chi connectivity index (χ3n) is 3.39. The van der Waals surface area contributed by atoms with Gasteiger partial charge in [0.15, 0.2) is 0 Å². The van der Waals surface area contributed by atoms with Crippen molar-refractivity contribution >= 4 is 0 Å². The van der Waals surface area contributed by atoms with Crippen molar-refractivity contribution in [1.82, 2.24) is 9.78 Å². The fourth-order valence-corrected chi connectivity index (χ4v) is 2.20. The number of hydrogen-bond acceptors (Lipinski definition) is 2. The van der Waals surface area contributed by atoms with Gasteiger partial charge in [0.25, 0.3) is 5.56 Å². The summed E-state index contributed by atoms with van der Waals surface area (Å²) in [5.41, 5.74) is 4.01. The van der Waals surface area contributed by atoms with Gasteiger partial charge in [-0.25, -0.2) is 4.68 Å². The molecule has 2 aromatic carbocycles. The van der Waals surface area contributed by atoms with E-state index in [0.29, 0.717) is 6.54 Å². The van der Waals surface area contributed by atoms with Crippen molar-refractivity contribution in [3.05, 3.63) is 88.2 Å². The van der Waals surface area contributed by atoms with E-state index in [4.69, 9.17) is 0 Å². The molecule has 1 heterocycles. The lowest BCUT2D eigenvalue weighted by Crippen LogP contribution is -2.22. The second kappa shape index (κ2) is 5.75. The van der Waals surface area contributed by atoms with Crippen LogP contribution in [0.25, 0.3) is 11.3 Å². The molecule has 0 N–H and O–H groups in total. The predicted octanol–water partition coefficient (Wildman–Crippen LogP) is 3.27. The molecule has 3 heteroatoms. The number of nitrogens with zero attached hydrogens (tertiary/aromatic N) is 2. The van der Waals surface area contributed by atoms with Crippen molar-refractivity contribution in [3.63, 3.8) is 0 Å². The molecule has 0 aliphatic carbocycles. The van der Waals surface area contributed by atoms with Crippen LogP contribution in [-0.2, 0) is 6.54 Å².